The maximum absolute atomic E-state index is 11.1. The van der Waals surface area contributed by atoms with E-state index >= 15 is 0 Å². The summed E-state index contributed by atoms with van der Waals surface area (Å²) < 4.78 is 0. The highest BCUT2D eigenvalue weighted by Gasteiger charge is 2.07. The van der Waals surface area contributed by atoms with Crippen molar-refractivity contribution in [3.05, 3.63) is 72.9 Å². The van der Waals surface area contributed by atoms with Crippen LogP contribution in [0.1, 0.15) is 6.92 Å². The van der Waals surface area contributed by atoms with Crippen molar-refractivity contribution in [3.63, 3.8) is 0 Å². The third kappa shape index (κ3) is 3.28. The summed E-state index contributed by atoms with van der Waals surface area (Å²) in [7, 11) is 0. The van der Waals surface area contributed by atoms with Gasteiger partial charge in [-0.15, -0.1) is 0 Å². The highest BCUT2D eigenvalue weighted by molar-refractivity contribution is 5.89. The van der Waals surface area contributed by atoms with Gasteiger partial charge in [0.1, 0.15) is 5.69 Å². The molecule has 2 aromatic carbocycles. The van der Waals surface area contributed by atoms with Crippen LogP contribution in [0, 0.1) is 0 Å². The van der Waals surface area contributed by atoms with E-state index in [1.54, 1.807) is 0 Å². The molecule has 0 aliphatic rings. The lowest BCUT2D eigenvalue weighted by Crippen LogP contribution is -2.05. The average Bonchev–Trinajstić information content (AvgIpc) is 2.68. The molecule has 26 heavy (non-hydrogen) atoms. The monoisotopic (exact) mass is 340 g/mol. The Morgan fingerprint density at radius 3 is 2.42 bits per heavy atom. The fourth-order valence-corrected chi connectivity index (χ4v) is 2.74. The molecule has 126 valence electrons. The topological polar surface area (TPSA) is 67.8 Å². The number of para-hydroxylation sites is 1. The van der Waals surface area contributed by atoms with Crippen LogP contribution in [0.4, 0.5) is 5.69 Å². The zero-order valence-electron chi connectivity index (χ0n) is 14.2. The van der Waals surface area contributed by atoms with E-state index in [1.165, 1.54) is 6.92 Å². The van der Waals surface area contributed by atoms with Crippen molar-refractivity contribution in [1.29, 1.82) is 0 Å². The standard InChI is InChI=1S/C21H16N4O/c1-14(26)23-17-11-9-15(10-12-17)18-7-4-8-20(24-18)21-22-13-16-5-2-3-6-19(16)25-21/h2-13H,1H3,(H,23,26). The van der Waals surface area contributed by atoms with E-state index in [1.807, 2.05) is 72.9 Å². The summed E-state index contributed by atoms with van der Waals surface area (Å²) in [6.07, 6.45) is 1.81. The van der Waals surface area contributed by atoms with Crippen LogP contribution in [0.15, 0.2) is 72.9 Å². The second-order valence-electron chi connectivity index (χ2n) is 5.92. The van der Waals surface area contributed by atoms with E-state index in [9.17, 15) is 4.79 Å². The van der Waals surface area contributed by atoms with Crippen molar-refractivity contribution in [2.24, 2.45) is 0 Å². The third-order valence-electron chi connectivity index (χ3n) is 3.97. The van der Waals surface area contributed by atoms with Gasteiger partial charge in [0.05, 0.1) is 11.2 Å². The van der Waals surface area contributed by atoms with E-state index in [4.69, 9.17) is 4.98 Å². The minimum absolute atomic E-state index is 0.0914. The van der Waals surface area contributed by atoms with Crippen LogP contribution < -0.4 is 5.32 Å². The highest BCUT2D eigenvalue weighted by atomic mass is 16.1. The van der Waals surface area contributed by atoms with Gasteiger partial charge in [-0.1, -0.05) is 36.4 Å². The van der Waals surface area contributed by atoms with E-state index in [2.05, 4.69) is 15.3 Å². The molecule has 0 aliphatic heterocycles. The first-order chi connectivity index (χ1) is 12.7. The lowest BCUT2D eigenvalue weighted by molar-refractivity contribution is -0.114. The molecule has 0 unspecified atom stereocenters. The number of fused-ring (bicyclic) bond motifs is 1. The Kier molecular flexibility index (Phi) is 4.11. The fraction of sp³-hybridized carbons (Fsp3) is 0.0476. The Bertz CT molecular complexity index is 1090. The summed E-state index contributed by atoms with van der Waals surface area (Å²) in [5.41, 5.74) is 4.16. The van der Waals surface area contributed by atoms with E-state index in [0.29, 0.717) is 5.82 Å². The molecule has 5 heteroatoms. The van der Waals surface area contributed by atoms with Crippen LogP contribution in [-0.4, -0.2) is 20.9 Å². The third-order valence-corrected chi connectivity index (χ3v) is 3.97. The summed E-state index contributed by atoms with van der Waals surface area (Å²) >= 11 is 0. The quantitative estimate of drug-likeness (QED) is 0.603. The summed E-state index contributed by atoms with van der Waals surface area (Å²) in [6, 6.07) is 21.2. The van der Waals surface area contributed by atoms with Gasteiger partial charge in [-0.05, 0) is 30.3 Å². The minimum Gasteiger partial charge on any atom is -0.326 e. The molecule has 0 bridgehead atoms. The lowest BCUT2D eigenvalue weighted by Gasteiger charge is -2.06. The molecular weight excluding hydrogens is 324 g/mol. The molecule has 0 saturated carbocycles. The minimum atomic E-state index is -0.0914. The fourth-order valence-electron chi connectivity index (χ4n) is 2.74. The largest absolute Gasteiger partial charge is 0.326 e. The average molecular weight is 340 g/mol. The van der Waals surface area contributed by atoms with Gasteiger partial charge < -0.3 is 5.32 Å². The molecule has 4 aromatic rings. The van der Waals surface area contributed by atoms with Gasteiger partial charge in [0.2, 0.25) is 5.91 Å². The molecule has 2 heterocycles. The normalized spacial score (nSPS) is 10.7. The highest BCUT2D eigenvalue weighted by Crippen LogP contribution is 2.23. The van der Waals surface area contributed by atoms with Gasteiger partial charge >= 0.3 is 0 Å². The van der Waals surface area contributed by atoms with E-state index < -0.39 is 0 Å². The number of rotatable bonds is 3. The van der Waals surface area contributed by atoms with Gasteiger partial charge in [0.25, 0.3) is 0 Å². The van der Waals surface area contributed by atoms with Gasteiger partial charge in [-0.25, -0.2) is 15.0 Å². The number of anilines is 1. The summed E-state index contributed by atoms with van der Waals surface area (Å²) in [5.74, 6) is 0.506. The number of nitrogens with zero attached hydrogens (tertiary/aromatic N) is 3. The van der Waals surface area contributed by atoms with Crippen LogP contribution in [0.25, 0.3) is 33.7 Å². The summed E-state index contributed by atoms with van der Waals surface area (Å²) in [5, 5.41) is 3.76. The predicted molar refractivity (Wildman–Crippen MR) is 103 cm³/mol. The molecule has 0 saturated heterocycles. The molecule has 1 N–H and O–H groups in total. The SMILES string of the molecule is CC(=O)Nc1ccc(-c2cccc(-c3ncc4ccccc4n3)n2)cc1. The smallest absolute Gasteiger partial charge is 0.221 e. The molecule has 5 nitrogen and oxygen atoms in total. The molecule has 0 radical (unpaired) electrons. The molecule has 4 rings (SSSR count). The zero-order chi connectivity index (χ0) is 17.9. The number of amides is 1. The van der Waals surface area contributed by atoms with Crippen LogP contribution >= 0.6 is 0 Å². The Morgan fingerprint density at radius 1 is 0.846 bits per heavy atom. The van der Waals surface area contributed by atoms with Gasteiger partial charge in [-0.3, -0.25) is 4.79 Å². The second-order valence-corrected chi connectivity index (χ2v) is 5.92. The summed E-state index contributed by atoms with van der Waals surface area (Å²) in [4.78, 5) is 24.9. The van der Waals surface area contributed by atoms with Crippen LogP contribution in [0.2, 0.25) is 0 Å². The van der Waals surface area contributed by atoms with Crippen LogP contribution in [0.3, 0.4) is 0 Å². The van der Waals surface area contributed by atoms with Gasteiger partial charge in [-0.2, -0.15) is 0 Å². The Hall–Kier alpha value is -3.60. The molecule has 0 spiro atoms. The van der Waals surface area contributed by atoms with Crippen molar-refractivity contribution in [2.75, 3.05) is 5.32 Å². The Labute approximate surface area is 150 Å². The number of carbonyl (C=O) groups is 1. The zero-order valence-corrected chi connectivity index (χ0v) is 14.2. The molecular formula is C21H16N4O. The predicted octanol–water partition coefficient (Wildman–Crippen LogP) is 4.32. The number of hydrogen-bond donors (Lipinski definition) is 1. The van der Waals surface area contributed by atoms with Crippen molar-refractivity contribution >= 4 is 22.5 Å². The van der Waals surface area contributed by atoms with E-state index in [-0.39, 0.29) is 5.91 Å². The number of carbonyl (C=O) groups excluding carboxylic acids is 1. The maximum atomic E-state index is 11.1. The van der Waals surface area contributed by atoms with Crippen molar-refractivity contribution in [3.8, 4) is 22.8 Å². The van der Waals surface area contributed by atoms with Crippen molar-refractivity contribution in [2.45, 2.75) is 6.92 Å². The van der Waals surface area contributed by atoms with Crippen molar-refractivity contribution < 1.29 is 4.79 Å². The van der Waals surface area contributed by atoms with Gasteiger partial charge in [0.15, 0.2) is 5.82 Å². The molecule has 0 fully saturated rings. The van der Waals surface area contributed by atoms with E-state index in [0.717, 1.165) is 33.5 Å². The second kappa shape index (κ2) is 6.72. The van der Waals surface area contributed by atoms with Crippen LogP contribution in [-0.2, 0) is 4.79 Å². The first kappa shape index (κ1) is 15.9. The van der Waals surface area contributed by atoms with Gasteiger partial charge in [0, 0.05) is 29.8 Å². The maximum Gasteiger partial charge on any atom is 0.221 e. The van der Waals surface area contributed by atoms with Crippen molar-refractivity contribution in [1.82, 2.24) is 15.0 Å². The van der Waals surface area contributed by atoms with Crippen LogP contribution in [0.5, 0.6) is 0 Å². The molecule has 2 aromatic heterocycles. The molecule has 0 aliphatic carbocycles. The number of pyridine rings is 1. The molecule has 1 amide bonds. The number of aromatic nitrogens is 3. The Balaban J connectivity index is 1.68. The Morgan fingerprint density at radius 2 is 1.62 bits per heavy atom. The first-order valence-corrected chi connectivity index (χ1v) is 8.26. The molecule has 0 atom stereocenters. The number of hydrogen-bond acceptors (Lipinski definition) is 4. The number of benzene rings is 2. The number of nitrogens with one attached hydrogen (secondary N) is 1. The summed E-state index contributed by atoms with van der Waals surface area (Å²) in [6.45, 7) is 1.49. The first-order valence-electron chi connectivity index (χ1n) is 8.26. The lowest BCUT2D eigenvalue weighted by atomic mass is 10.1.